The zero-order valence-electron chi connectivity index (χ0n) is 14.6. The lowest BCUT2D eigenvalue weighted by Gasteiger charge is -2.26. The summed E-state index contributed by atoms with van der Waals surface area (Å²) in [4.78, 5) is 12.0. The van der Waals surface area contributed by atoms with Gasteiger partial charge in [0, 0.05) is 12.2 Å². The first-order chi connectivity index (χ1) is 12.1. The van der Waals surface area contributed by atoms with E-state index in [1.807, 2.05) is 55.2 Å². The molecule has 134 valence electrons. The van der Waals surface area contributed by atoms with Gasteiger partial charge in [0.1, 0.15) is 12.7 Å². The number of ether oxygens (including phenoxy) is 2. The first-order valence-electron chi connectivity index (χ1n) is 8.48. The molecule has 2 N–H and O–H groups in total. The number of fused-ring (bicyclic) bond motifs is 1. The van der Waals surface area contributed by atoms with Crippen molar-refractivity contribution < 1.29 is 14.3 Å². The molecule has 0 aliphatic carbocycles. The van der Waals surface area contributed by atoms with Crippen LogP contribution in [0.3, 0.4) is 0 Å². The summed E-state index contributed by atoms with van der Waals surface area (Å²) in [5.74, 6) is 1.40. The van der Waals surface area contributed by atoms with Crippen molar-refractivity contribution in [1.82, 2.24) is 20.4 Å². The smallest absolute Gasteiger partial charge is 0.234 e. The van der Waals surface area contributed by atoms with Crippen molar-refractivity contribution in [3.8, 4) is 11.5 Å². The van der Waals surface area contributed by atoms with E-state index in [1.165, 1.54) is 0 Å². The second-order valence-corrected chi connectivity index (χ2v) is 6.32. The van der Waals surface area contributed by atoms with Crippen molar-refractivity contribution >= 4 is 5.91 Å². The van der Waals surface area contributed by atoms with Crippen LogP contribution in [0.15, 0.2) is 36.7 Å². The number of aromatic nitrogens is 2. The molecule has 1 aliphatic rings. The summed E-state index contributed by atoms with van der Waals surface area (Å²) in [6, 6.07) is 7.68. The molecule has 3 rings (SSSR count). The average molecular weight is 344 g/mol. The van der Waals surface area contributed by atoms with Gasteiger partial charge >= 0.3 is 0 Å². The third-order valence-corrected chi connectivity index (χ3v) is 3.93. The summed E-state index contributed by atoms with van der Waals surface area (Å²) in [7, 11) is 0. The van der Waals surface area contributed by atoms with Crippen molar-refractivity contribution in [1.29, 1.82) is 0 Å². The standard InChI is InChI=1S/C18H24N4O3/c1-13-7-21-22(10-13)11-14(2)19-9-18(23)20-8-15-12-24-16-5-3-4-6-17(16)25-15/h3-7,10,14-15,19H,8-9,11-12H2,1-2H3,(H,20,23)/t14-,15-/m1/s1. The molecule has 2 aromatic rings. The zero-order chi connectivity index (χ0) is 17.6. The molecular weight excluding hydrogens is 320 g/mol. The van der Waals surface area contributed by atoms with Gasteiger partial charge in [-0.15, -0.1) is 0 Å². The van der Waals surface area contributed by atoms with Crippen LogP contribution in [0.2, 0.25) is 0 Å². The van der Waals surface area contributed by atoms with Crippen LogP contribution in [0.4, 0.5) is 0 Å². The Morgan fingerprint density at radius 1 is 1.40 bits per heavy atom. The molecule has 0 spiro atoms. The molecular formula is C18H24N4O3. The van der Waals surface area contributed by atoms with E-state index in [0.29, 0.717) is 18.9 Å². The van der Waals surface area contributed by atoms with Crippen molar-refractivity contribution in [2.75, 3.05) is 19.7 Å². The van der Waals surface area contributed by atoms with Crippen LogP contribution in [0.25, 0.3) is 0 Å². The first kappa shape index (κ1) is 17.3. The first-order valence-corrected chi connectivity index (χ1v) is 8.48. The lowest BCUT2D eigenvalue weighted by atomic mass is 10.2. The van der Waals surface area contributed by atoms with Gasteiger partial charge in [-0.05, 0) is 31.5 Å². The fraction of sp³-hybridized carbons (Fsp3) is 0.444. The maximum atomic E-state index is 12.0. The van der Waals surface area contributed by atoms with Gasteiger partial charge in [-0.1, -0.05) is 12.1 Å². The summed E-state index contributed by atoms with van der Waals surface area (Å²) in [5.41, 5.74) is 1.13. The lowest BCUT2D eigenvalue weighted by Crippen LogP contribution is -2.45. The number of rotatable bonds is 7. The number of nitrogens with one attached hydrogen (secondary N) is 2. The van der Waals surface area contributed by atoms with Crippen molar-refractivity contribution in [2.45, 2.75) is 32.5 Å². The molecule has 1 aromatic heterocycles. The van der Waals surface area contributed by atoms with Crippen LogP contribution in [-0.2, 0) is 11.3 Å². The number of hydrogen-bond donors (Lipinski definition) is 2. The van der Waals surface area contributed by atoms with E-state index >= 15 is 0 Å². The normalized spacial score (nSPS) is 17.1. The van der Waals surface area contributed by atoms with E-state index in [-0.39, 0.29) is 24.6 Å². The van der Waals surface area contributed by atoms with E-state index < -0.39 is 0 Å². The van der Waals surface area contributed by atoms with Crippen LogP contribution in [0, 0.1) is 6.92 Å². The maximum absolute atomic E-state index is 12.0. The number of para-hydroxylation sites is 2. The number of carbonyl (C=O) groups excluding carboxylic acids is 1. The highest BCUT2D eigenvalue weighted by Gasteiger charge is 2.21. The molecule has 0 saturated heterocycles. The Bertz CT molecular complexity index is 716. The summed E-state index contributed by atoms with van der Waals surface area (Å²) >= 11 is 0. The second-order valence-electron chi connectivity index (χ2n) is 6.32. The Kier molecular flexibility index (Phi) is 5.55. The van der Waals surface area contributed by atoms with Gasteiger partial charge in [0.05, 0.1) is 25.8 Å². The number of nitrogens with zero attached hydrogens (tertiary/aromatic N) is 2. The fourth-order valence-corrected chi connectivity index (χ4v) is 2.63. The Hall–Kier alpha value is -2.54. The molecule has 0 saturated carbocycles. The Balaban J connectivity index is 1.36. The van der Waals surface area contributed by atoms with Crippen LogP contribution >= 0.6 is 0 Å². The van der Waals surface area contributed by atoms with Crippen molar-refractivity contribution in [3.05, 3.63) is 42.2 Å². The summed E-state index contributed by atoms with van der Waals surface area (Å²) in [5, 5.41) is 10.3. The zero-order valence-corrected chi connectivity index (χ0v) is 14.6. The second kappa shape index (κ2) is 8.02. The lowest BCUT2D eigenvalue weighted by molar-refractivity contribution is -0.120. The predicted molar refractivity (Wildman–Crippen MR) is 93.8 cm³/mol. The monoisotopic (exact) mass is 344 g/mol. The number of aryl methyl sites for hydroxylation is 1. The SMILES string of the molecule is Cc1cnn(C[C@@H](C)NCC(=O)NC[C@@H]2COc3ccccc3O2)c1. The predicted octanol–water partition coefficient (Wildman–Crippen LogP) is 1.13. The number of benzene rings is 1. The number of amides is 1. The van der Waals surface area contributed by atoms with Gasteiger partial charge in [0.15, 0.2) is 11.5 Å². The van der Waals surface area contributed by atoms with E-state index in [9.17, 15) is 4.79 Å². The molecule has 7 heteroatoms. The van der Waals surface area contributed by atoms with E-state index in [1.54, 1.807) is 0 Å². The van der Waals surface area contributed by atoms with E-state index in [4.69, 9.17) is 9.47 Å². The van der Waals surface area contributed by atoms with Gasteiger partial charge < -0.3 is 20.1 Å². The molecule has 0 unspecified atom stereocenters. The summed E-state index contributed by atoms with van der Waals surface area (Å²) < 4.78 is 13.3. The molecule has 25 heavy (non-hydrogen) atoms. The van der Waals surface area contributed by atoms with E-state index in [0.717, 1.165) is 17.9 Å². The van der Waals surface area contributed by atoms with Crippen molar-refractivity contribution in [2.24, 2.45) is 0 Å². The molecule has 2 atom stereocenters. The minimum atomic E-state index is -0.177. The summed E-state index contributed by atoms with van der Waals surface area (Å²) in [6.45, 7) is 5.86. The Labute approximate surface area is 147 Å². The van der Waals surface area contributed by atoms with Gasteiger partial charge in [0.2, 0.25) is 5.91 Å². The van der Waals surface area contributed by atoms with Crippen LogP contribution < -0.4 is 20.1 Å². The van der Waals surface area contributed by atoms with Crippen LogP contribution in [0.1, 0.15) is 12.5 Å². The molecule has 2 heterocycles. The van der Waals surface area contributed by atoms with Crippen molar-refractivity contribution in [3.63, 3.8) is 0 Å². The van der Waals surface area contributed by atoms with Crippen LogP contribution in [-0.4, -0.2) is 47.5 Å². The highest BCUT2D eigenvalue weighted by atomic mass is 16.6. The molecule has 0 radical (unpaired) electrons. The number of carbonyl (C=O) groups is 1. The highest BCUT2D eigenvalue weighted by molar-refractivity contribution is 5.78. The third kappa shape index (κ3) is 4.96. The number of hydrogen-bond acceptors (Lipinski definition) is 5. The van der Waals surface area contributed by atoms with Gasteiger partial charge in [-0.3, -0.25) is 9.48 Å². The summed E-state index contributed by atoms with van der Waals surface area (Å²) in [6.07, 6.45) is 3.63. The van der Waals surface area contributed by atoms with E-state index in [2.05, 4.69) is 15.7 Å². The van der Waals surface area contributed by atoms with Crippen LogP contribution in [0.5, 0.6) is 11.5 Å². The Morgan fingerprint density at radius 2 is 2.20 bits per heavy atom. The van der Waals surface area contributed by atoms with Gasteiger partial charge in [-0.25, -0.2) is 0 Å². The largest absolute Gasteiger partial charge is 0.486 e. The molecule has 0 fully saturated rings. The average Bonchev–Trinajstić information content (AvgIpc) is 3.02. The van der Waals surface area contributed by atoms with Gasteiger partial charge in [-0.2, -0.15) is 5.10 Å². The minimum Gasteiger partial charge on any atom is -0.486 e. The third-order valence-electron chi connectivity index (χ3n) is 3.93. The maximum Gasteiger partial charge on any atom is 0.234 e. The fourth-order valence-electron chi connectivity index (χ4n) is 2.63. The quantitative estimate of drug-likeness (QED) is 0.787. The molecule has 1 amide bonds. The minimum absolute atomic E-state index is 0.0639. The van der Waals surface area contributed by atoms with Gasteiger partial charge in [0.25, 0.3) is 0 Å². The molecule has 0 bridgehead atoms. The topological polar surface area (TPSA) is 77.4 Å². The molecule has 1 aliphatic heterocycles. The molecule has 7 nitrogen and oxygen atoms in total. The molecule has 1 aromatic carbocycles. The Morgan fingerprint density at radius 3 is 2.96 bits per heavy atom. The highest BCUT2D eigenvalue weighted by Crippen LogP contribution is 2.30.